The van der Waals surface area contributed by atoms with Gasteiger partial charge in [0.15, 0.2) is 0 Å². The summed E-state index contributed by atoms with van der Waals surface area (Å²) in [5, 5.41) is 2.10. The SMILES string of the molecule is O=C1N2[C@@H](c3cncc(F)c3)CCN2C[C@@]1(CC(F)(F)F)C(F)F. The molecule has 3 rings (SSSR count). The van der Waals surface area contributed by atoms with E-state index < -0.39 is 48.7 Å². The van der Waals surface area contributed by atoms with Crippen LogP contribution in [0, 0.1) is 11.2 Å². The van der Waals surface area contributed by atoms with Crippen molar-refractivity contribution in [1.29, 1.82) is 0 Å². The molecule has 2 fully saturated rings. The Balaban J connectivity index is 1.94. The number of nitrogens with zero attached hydrogens (tertiary/aromatic N) is 3. The average molecular weight is 353 g/mol. The maximum absolute atomic E-state index is 13.4. The molecule has 2 atom stereocenters. The van der Waals surface area contributed by atoms with Crippen molar-refractivity contribution >= 4 is 5.91 Å². The predicted molar refractivity (Wildman–Crippen MR) is 69.1 cm³/mol. The van der Waals surface area contributed by atoms with Crippen LogP contribution >= 0.6 is 0 Å². The van der Waals surface area contributed by atoms with Crippen LogP contribution in [-0.4, -0.2) is 46.6 Å². The third kappa shape index (κ3) is 2.72. The summed E-state index contributed by atoms with van der Waals surface area (Å²) >= 11 is 0. The lowest BCUT2D eigenvalue weighted by molar-refractivity contribution is -0.184. The van der Waals surface area contributed by atoms with Gasteiger partial charge in [-0.15, -0.1) is 0 Å². The number of alkyl halides is 5. The number of carbonyl (C=O) groups is 1. The van der Waals surface area contributed by atoms with E-state index >= 15 is 0 Å². The third-order valence-corrected chi connectivity index (χ3v) is 4.40. The number of carbonyl (C=O) groups excluding carboxylic acids is 1. The monoisotopic (exact) mass is 353 g/mol. The van der Waals surface area contributed by atoms with Crippen molar-refractivity contribution in [2.75, 3.05) is 13.1 Å². The van der Waals surface area contributed by atoms with Gasteiger partial charge in [0.05, 0.1) is 18.7 Å². The van der Waals surface area contributed by atoms with Crippen LogP contribution in [0.25, 0.3) is 0 Å². The van der Waals surface area contributed by atoms with Gasteiger partial charge in [-0.25, -0.2) is 18.2 Å². The molecular weight excluding hydrogens is 340 g/mol. The molecule has 0 spiro atoms. The van der Waals surface area contributed by atoms with Crippen molar-refractivity contribution in [3.8, 4) is 0 Å². The first-order valence-corrected chi connectivity index (χ1v) is 7.18. The van der Waals surface area contributed by atoms with E-state index in [0.717, 1.165) is 17.3 Å². The number of rotatable bonds is 3. The van der Waals surface area contributed by atoms with Gasteiger partial charge in [0.2, 0.25) is 0 Å². The molecule has 2 saturated heterocycles. The molecule has 2 aliphatic heterocycles. The fourth-order valence-corrected chi connectivity index (χ4v) is 3.39. The second-order valence-electron chi connectivity index (χ2n) is 6.03. The minimum atomic E-state index is -4.90. The number of pyridine rings is 1. The zero-order chi connectivity index (χ0) is 17.7. The molecule has 1 aromatic heterocycles. The molecule has 4 nitrogen and oxygen atoms in total. The van der Waals surface area contributed by atoms with Crippen molar-refractivity contribution in [2.45, 2.75) is 31.5 Å². The van der Waals surface area contributed by atoms with E-state index in [1.54, 1.807) is 0 Å². The van der Waals surface area contributed by atoms with E-state index in [-0.39, 0.29) is 12.1 Å². The highest BCUT2D eigenvalue weighted by molar-refractivity contribution is 5.86. The van der Waals surface area contributed by atoms with E-state index in [4.69, 9.17) is 0 Å². The predicted octanol–water partition coefficient (Wildman–Crippen LogP) is 2.93. The van der Waals surface area contributed by atoms with Gasteiger partial charge in [0, 0.05) is 19.3 Å². The van der Waals surface area contributed by atoms with E-state index in [1.165, 1.54) is 11.2 Å². The number of hydrogen-bond donors (Lipinski definition) is 0. The van der Waals surface area contributed by atoms with Gasteiger partial charge in [0.1, 0.15) is 11.2 Å². The Bertz CT molecular complexity index is 652. The number of fused-ring (bicyclic) bond motifs is 1. The average Bonchev–Trinajstić information content (AvgIpc) is 2.97. The van der Waals surface area contributed by atoms with Crippen LogP contribution in [0.3, 0.4) is 0 Å². The largest absolute Gasteiger partial charge is 0.390 e. The number of amides is 1. The zero-order valence-electron chi connectivity index (χ0n) is 12.2. The van der Waals surface area contributed by atoms with Gasteiger partial charge >= 0.3 is 6.18 Å². The van der Waals surface area contributed by atoms with E-state index in [9.17, 15) is 31.1 Å². The van der Waals surface area contributed by atoms with Gasteiger partial charge in [-0.2, -0.15) is 13.2 Å². The Hall–Kier alpha value is -1.84. The molecule has 0 unspecified atom stereocenters. The lowest BCUT2D eigenvalue weighted by Gasteiger charge is -2.28. The summed E-state index contributed by atoms with van der Waals surface area (Å²) in [6.45, 7) is -0.568. The van der Waals surface area contributed by atoms with Crippen LogP contribution in [0.4, 0.5) is 26.3 Å². The fourth-order valence-electron chi connectivity index (χ4n) is 3.39. The number of aromatic nitrogens is 1. The Morgan fingerprint density at radius 3 is 2.62 bits per heavy atom. The number of hydrazine groups is 1. The minimum absolute atomic E-state index is 0.138. The Kier molecular flexibility index (Phi) is 3.97. The molecule has 24 heavy (non-hydrogen) atoms. The highest BCUT2D eigenvalue weighted by Gasteiger charge is 2.63. The van der Waals surface area contributed by atoms with Crippen molar-refractivity contribution in [3.05, 3.63) is 29.8 Å². The van der Waals surface area contributed by atoms with E-state index in [2.05, 4.69) is 4.98 Å². The molecule has 0 bridgehead atoms. The summed E-state index contributed by atoms with van der Waals surface area (Å²) in [5.74, 6) is -1.95. The number of hydrogen-bond acceptors (Lipinski definition) is 3. The minimum Gasteiger partial charge on any atom is -0.272 e. The van der Waals surface area contributed by atoms with Gasteiger partial charge in [-0.3, -0.25) is 14.8 Å². The fraction of sp³-hybridized carbons (Fsp3) is 0.571. The summed E-state index contributed by atoms with van der Waals surface area (Å²) in [6, 6.07) is 0.301. The molecule has 2 aliphatic rings. The lowest BCUT2D eigenvalue weighted by Crippen LogP contribution is -2.44. The van der Waals surface area contributed by atoms with Crippen LogP contribution < -0.4 is 0 Å². The summed E-state index contributed by atoms with van der Waals surface area (Å²) in [4.78, 5) is 16.1. The van der Waals surface area contributed by atoms with Crippen molar-refractivity contribution in [3.63, 3.8) is 0 Å². The zero-order valence-corrected chi connectivity index (χ0v) is 12.2. The molecule has 1 aromatic rings. The molecule has 132 valence electrons. The van der Waals surface area contributed by atoms with Crippen LogP contribution in [0.15, 0.2) is 18.5 Å². The first-order chi connectivity index (χ1) is 11.1. The van der Waals surface area contributed by atoms with Gasteiger partial charge in [0.25, 0.3) is 12.3 Å². The normalized spacial score (nSPS) is 28.0. The molecule has 10 heteroatoms. The maximum atomic E-state index is 13.4. The van der Waals surface area contributed by atoms with Gasteiger partial charge < -0.3 is 0 Å². The molecule has 0 aromatic carbocycles. The van der Waals surface area contributed by atoms with Crippen LogP contribution in [-0.2, 0) is 4.79 Å². The topological polar surface area (TPSA) is 36.4 Å². The Labute approximate surface area is 133 Å². The Morgan fingerprint density at radius 1 is 1.33 bits per heavy atom. The van der Waals surface area contributed by atoms with Gasteiger partial charge in [-0.05, 0) is 18.1 Å². The van der Waals surface area contributed by atoms with Crippen LogP contribution in [0.5, 0.6) is 0 Å². The van der Waals surface area contributed by atoms with Crippen LogP contribution in [0.1, 0.15) is 24.4 Å². The summed E-state index contributed by atoms with van der Waals surface area (Å²) in [7, 11) is 0. The summed E-state index contributed by atoms with van der Waals surface area (Å²) < 4.78 is 78.4. The molecule has 0 aliphatic carbocycles. The highest BCUT2D eigenvalue weighted by Crippen LogP contribution is 2.49. The number of halogens is 6. The Morgan fingerprint density at radius 2 is 2.04 bits per heavy atom. The first-order valence-electron chi connectivity index (χ1n) is 7.18. The lowest BCUT2D eigenvalue weighted by atomic mass is 9.83. The second-order valence-corrected chi connectivity index (χ2v) is 6.03. The molecule has 0 radical (unpaired) electrons. The van der Waals surface area contributed by atoms with Gasteiger partial charge in [-0.1, -0.05) is 0 Å². The first kappa shape index (κ1) is 17.0. The molecule has 0 saturated carbocycles. The maximum Gasteiger partial charge on any atom is 0.390 e. The quantitative estimate of drug-likeness (QED) is 0.784. The summed E-state index contributed by atoms with van der Waals surface area (Å²) in [5.41, 5.74) is -2.56. The standard InChI is InChI=1S/C14H13F6N3O/c15-9-3-8(4-21-5-9)10-1-2-22-7-13(11(16)17,6-14(18,19)20)12(24)23(10)22/h3-5,10-11H,1-2,6-7H2/t10-,13+/m1/s1. The van der Waals surface area contributed by atoms with Crippen molar-refractivity contribution in [2.24, 2.45) is 5.41 Å². The summed E-state index contributed by atoms with van der Waals surface area (Å²) in [6.07, 6.45) is -7.72. The van der Waals surface area contributed by atoms with Crippen molar-refractivity contribution in [1.82, 2.24) is 15.0 Å². The molecule has 1 amide bonds. The molecule has 3 heterocycles. The van der Waals surface area contributed by atoms with E-state index in [1.807, 2.05) is 0 Å². The third-order valence-electron chi connectivity index (χ3n) is 4.40. The smallest absolute Gasteiger partial charge is 0.272 e. The highest BCUT2D eigenvalue weighted by atomic mass is 19.4. The van der Waals surface area contributed by atoms with Crippen LogP contribution in [0.2, 0.25) is 0 Å². The van der Waals surface area contributed by atoms with Crippen molar-refractivity contribution < 1.29 is 31.1 Å². The van der Waals surface area contributed by atoms with E-state index in [0.29, 0.717) is 6.42 Å². The second kappa shape index (κ2) is 5.61. The molecular formula is C14H13F6N3O. The molecule has 0 N–H and O–H groups in total.